The second-order valence-corrected chi connectivity index (χ2v) is 6.40. The van der Waals surface area contributed by atoms with Crippen molar-refractivity contribution in [1.29, 1.82) is 0 Å². The Bertz CT molecular complexity index is 736. The number of carbonyl (C=O) groups excluding carboxylic acids is 1. The molecule has 7 nitrogen and oxygen atoms in total. The number of hydrogen-bond acceptors (Lipinski definition) is 6. The summed E-state index contributed by atoms with van der Waals surface area (Å²) in [6.07, 6.45) is 1.73. The van der Waals surface area contributed by atoms with Crippen LogP contribution in [0.15, 0.2) is 22.4 Å². The van der Waals surface area contributed by atoms with Crippen LogP contribution >= 0.6 is 23.7 Å². The van der Waals surface area contributed by atoms with E-state index < -0.39 is 6.04 Å². The lowest BCUT2D eigenvalue weighted by atomic mass is 10.2. The second-order valence-electron chi connectivity index (χ2n) is 5.53. The van der Waals surface area contributed by atoms with Gasteiger partial charge in [0, 0.05) is 50.4 Å². The summed E-state index contributed by atoms with van der Waals surface area (Å²) < 4.78 is 1.55. The maximum atomic E-state index is 12.0. The Kier molecular flexibility index (Phi) is 5.74. The average Bonchev–Trinajstić information content (AvgIpc) is 2.96. The second kappa shape index (κ2) is 7.39. The van der Waals surface area contributed by atoms with Gasteiger partial charge in [0.2, 0.25) is 5.91 Å². The summed E-state index contributed by atoms with van der Waals surface area (Å²) in [6, 6.07) is 1.13. The van der Waals surface area contributed by atoms with E-state index in [0.717, 1.165) is 18.8 Å². The molecule has 0 bridgehead atoms. The van der Waals surface area contributed by atoms with Crippen molar-refractivity contribution in [2.75, 3.05) is 26.2 Å². The maximum absolute atomic E-state index is 12.0. The molecule has 1 unspecified atom stereocenters. The zero-order chi connectivity index (χ0) is 15.7. The monoisotopic (exact) mass is 357 g/mol. The van der Waals surface area contributed by atoms with E-state index >= 15 is 0 Å². The van der Waals surface area contributed by atoms with Crippen LogP contribution in [0.4, 0.5) is 0 Å². The fraction of sp³-hybridized carbons (Fsp3) is 0.500. The molecule has 0 saturated carbocycles. The van der Waals surface area contributed by atoms with Crippen LogP contribution in [0.1, 0.15) is 12.6 Å². The van der Waals surface area contributed by atoms with Gasteiger partial charge in [-0.25, -0.2) is 4.98 Å². The first-order valence-electron chi connectivity index (χ1n) is 7.27. The Hall–Kier alpha value is -1.48. The van der Waals surface area contributed by atoms with Gasteiger partial charge >= 0.3 is 0 Å². The third-order valence-electron chi connectivity index (χ3n) is 3.82. The van der Waals surface area contributed by atoms with Crippen LogP contribution in [0.2, 0.25) is 0 Å². The fourth-order valence-electron chi connectivity index (χ4n) is 2.61. The van der Waals surface area contributed by atoms with Gasteiger partial charge in [-0.05, 0) is 6.92 Å². The molecule has 23 heavy (non-hydrogen) atoms. The van der Waals surface area contributed by atoms with Crippen LogP contribution in [-0.2, 0) is 11.3 Å². The number of rotatable bonds is 3. The first-order chi connectivity index (χ1) is 10.5. The molecule has 2 N–H and O–H groups in total. The van der Waals surface area contributed by atoms with Crippen LogP contribution in [0.25, 0.3) is 4.96 Å². The van der Waals surface area contributed by atoms with E-state index in [1.165, 1.54) is 11.3 Å². The van der Waals surface area contributed by atoms with E-state index in [0.29, 0.717) is 24.6 Å². The molecule has 9 heteroatoms. The lowest BCUT2D eigenvalue weighted by molar-refractivity contribution is -0.134. The first kappa shape index (κ1) is 17.9. The van der Waals surface area contributed by atoms with Gasteiger partial charge in [-0.3, -0.25) is 18.9 Å². The average molecular weight is 358 g/mol. The standard InChI is InChI=1S/C14H19N5O2S.ClH/c1-10(15)13(21)18-4-2-17(3-5-18)9-11-8-12(20)19-6-7-22-14(19)16-11;/h6-8,10H,2-5,9,15H2,1H3;1H. The maximum Gasteiger partial charge on any atom is 0.258 e. The lowest BCUT2D eigenvalue weighted by Gasteiger charge is -2.35. The highest BCUT2D eigenvalue weighted by molar-refractivity contribution is 7.15. The predicted octanol–water partition coefficient (Wildman–Crippen LogP) is 0.169. The molecule has 1 aliphatic rings. The van der Waals surface area contributed by atoms with Crippen LogP contribution in [0, 0.1) is 0 Å². The summed E-state index contributed by atoms with van der Waals surface area (Å²) in [6.45, 7) is 5.21. The molecule has 1 amide bonds. The van der Waals surface area contributed by atoms with E-state index in [1.54, 1.807) is 28.5 Å². The van der Waals surface area contributed by atoms with Crippen LogP contribution < -0.4 is 11.3 Å². The minimum atomic E-state index is -0.450. The molecule has 3 rings (SSSR count). The number of amides is 1. The Morgan fingerprint density at radius 1 is 1.39 bits per heavy atom. The highest BCUT2D eigenvalue weighted by Crippen LogP contribution is 2.10. The molecular formula is C14H20ClN5O2S. The molecule has 1 fully saturated rings. The van der Waals surface area contributed by atoms with Gasteiger partial charge in [-0.15, -0.1) is 23.7 Å². The van der Waals surface area contributed by atoms with E-state index in [9.17, 15) is 9.59 Å². The molecule has 1 aliphatic heterocycles. The number of aromatic nitrogens is 2. The van der Waals surface area contributed by atoms with E-state index in [4.69, 9.17) is 5.73 Å². The summed E-state index contributed by atoms with van der Waals surface area (Å²) in [5.74, 6) is -0.00368. The minimum absolute atomic E-state index is 0. The summed E-state index contributed by atoms with van der Waals surface area (Å²) in [7, 11) is 0. The quantitative estimate of drug-likeness (QED) is 0.846. The largest absolute Gasteiger partial charge is 0.339 e. The van der Waals surface area contributed by atoms with Crippen molar-refractivity contribution >= 4 is 34.6 Å². The first-order valence-corrected chi connectivity index (χ1v) is 8.15. The van der Waals surface area contributed by atoms with Crippen LogP contribution in [0.3, 0.4) is 0 Å². The third kappa shape index (κ3) is 3.89. The number of hydrogen-bond donors (Lipinski definition) is 1. The van der Waals surface area contributed by atoms with Crippen molar-refractivity contribution in [1.82, 2.24) is 19.2 Å². The number of thiazole rings is 1. The van der Waals surface area contributed by atoms with Crippen LogP contribution in [-0.4, -0.2) is 57.3 Å². The van der Waals surface area contributed by atoms with E-state index in [-0.39, 0.29) is 23.9 Å². The van der Waals surface area contributed by atoms with Gasteiger partial charge in [0.25, 0.3) is 5.56 Å². The molecule has 0 aromatic carbocycles. The zero-order valence-electron chi connectivity index (χ0n) is 12.8. The van der Waals surface area contributed by atoms with E-state index in [2.05, 4.69) is 9.88 Å². The van der Waals surface area contributed by atoms with Crippen molar-refractivity contribution in [2.24, 2.45) is 5.73 Å². The van der Waals surface area contributed by atoms with Gasteiger partial charge in [0.1, 0.15) is 0 Å². The molecule has 2 aromatic rings. The Morgan fingerprint density at radius 3 is 2.74 bits per heavy atom. The summed E-state index contributed by atoms with van der Waals surface area (Å²) in [5, 5.41) is 1.85. The van der Waals surface area contributed by atoms with Crippen molar-refractivity contribution in [3.8, 4) is 0 Å². The number of nitrogens with two attached hydrogens (primary N) is 1. The zero-order valence-corrected chi connectivity index (χ0v) is 14.5. The predicted molar refractivity (Wildman–Crippen MR) is 92.1 cm³/mol. The lowest BCUT2D eigenvalue weighted by Crippen LogP contribution is -2.52. The van der Waals surface area contributed by atoms with Crippen molar-refractivity contribution in [3.63, 3.8) is 0 Å². The van der Waals surface area contributed by atoms with Gasteiger partial charge in [-0.2, -0.15) is 0 Å². The molecule has 3 heterocycles. The number of halogens is 1. The SMILES string of the molecule is CC(N)C(=O)N1CCN(Cc2cc(=O)n3ccsc3n2)CC1.Cl. The Morgan fingerprint density at radius 2 is 2.09 bits per heavy atom. The summed E-state index contributed by atoms with van der Waals surface area (Å²) in [5.41, 5.74) is 6.36. The van der Waals surface area contributed by atoms with Gasteiger partial charge in [0.15, 0.2) is 4.96 Å². The number of fused-ring (bicyclic) bond motifs is 1. The van der Waals surface area contributed by atoms with Crippen molar-refractivity contribution in [2.45, 2.75) is 19.5 Å². The molecule has 0 radical (unpaired) electrons. The van der Waals surface area contributed by atoms with Gasteiger partial charge in [0.05, 0.1) is 11.7 Å². The smallest absolute Gasteiger partial charge is 0.258 e. The number of piperazine rings is 1. The van der Waals surface area contributed by atoms with Gasteiger partial charge < -0.3 is 10.6 Å². The summed E-state index contributed by atoms with van der Waals surface area (Å²) >= 11 is 1.45. The molecule has 2 aromatic heterocycles. The molecule has 1 atom stereocenters. The molecule has 0 aliphatic carbocycles. The molecular weight excluding hydrogens is 338 g/mol. The van der Waals surface area contributed by atoms with Crippen molar-refractivity contribution in [3.05, 3.63) is 33.7 Å². The van der Waals surface area contributed by atoms with Crippen LogP contribution in [0.5, 0.6) is 0 Å². The normalized spacial score (nSPS) is 17.0. The summed E-state index contributed by atoms with van der Waals surface area (Å²) in [4.78, 5) is 33.0. The topological polar surface area (TPSA) is 83.9 Å². The molecule has 126 valence electrons. The highest BCUT2D eigenvalue weighted by atomic mass is 35.5. The number of nitrogens with zero attached hydrogens (tertiary/aromatic N) is 4. The fourth-order valence-corrected chi connectivity index (χ4v) is 3.35. The van der Waals surface area contributed by atoms with Gasteiger partial charge in [-0.1, -0.05) is 0 Å². The van der Waals surface area contributed by atoms with E-state index in [1.807, 2.05) is 5.38 Å². The Labute approximate surface area is 144 Å². The minimum Gasteiger partial charge on any atom is -0.339 e. The van der Waals surface area contributed by atoms with Crippen molar-refractivity contribution < 1.29 is 4.79 Å². The third-order valence-corrected chi connectivity index (χ3v) is 4.57. The number of carbonyl (C=O) groups is 1. The Balaban J connectivity index is 0.00000192. The highest BCUT2D eigenvalue weighted by Gasteiger charge is 2.23. The molecule has 0 spiro atoms. The molecule has 1 saturated heterocycles.